The summed E-state index contributed by atoms with van der Waals surface area (Å²) in [5, 5.41) is 1.85. The van der Waals surface area contributed by atoms with Crippen molar-refractivity contribution in [2.45, 2.75) is 12.8 Å². The maximum absolute atomic E-state index is 6.23. The maximum atomic E-state index is 6.23. The van der Waals surface area contributed by atoms with Crippen LogP contribution in [-0.2, 0) is 0 Å². The second-order valence-electron chi connectivity index (χ2n) is 4.96. The normalized spacial score (nSPS) is 37.8. The molecule has 2 aliphatic rings. The van der Waals surface area contributed by atoms with Gasteiger partial charge in [0.05, 0.1) is 33.1 Å². The summed E-state index contributed by atoms with van der Waals surface area (Å²) in [6.45, 7) is 2.41. The Balaban J connectivity index is 2.24. The fraction of sp³-hybridized carbons (Fsp3) is 0.800. The number of hydrogen-bond donors (Lipinski definition) is 0. The molecule has 0 N–H and O–H groups in total. The van der Waals surface area contributed by atoms with Crippen molar-refractivity contribution in [2.24, 2.45) is 11.8 Å². The van der Waals surface area contributed by atoms with Crippen molar-refractivity contribution < 1.29 is 4.48 Å². The molecular formula is C10H16Cl2N+. The van der Waals surface area contributed by atoms with Gasteiger partial charge in [0, 0.05) is 16.0 Å². The average molecular weight is 221 g/mol. The van der Waals surface area contributed by atoms with Gasteiger partial charge >= 0.3 is 0 Å². The van der Waals surface area contributed by atoms with Crippen LogP contribution < -0.4 is 0 Å². The predicted octanol–water partition coefficient (Wildman–Crippen LogP) is 2.79. The molecule has 1 aliphatic carbocycles. The lowest BCUT2D eigenvalue weighted by Gasteiger charge is -2.23. The Morgan fingerprint density at radius 2 is 1.92 bits per heavy atom. The van der Waals surface area contributed by atoms with Crippen LogP contribution >= 0.6 is 23.2 Å². The van der Waals surface area contributed by atoms with Crippen LogP contribution in [0.25, 0.3) is 0 Å². The lowest BCUT2D eigenvalue weighted by molar-refractivity contribution is -0.880. The van der Waals surface area contributed by atoms with Crippen LogP contribution in [-0.4, -0.2) is 31.7 Å². The summed E-state index contributed by atoms with van der Waals surface area (Å²) in [6.07, 6.45) is 2.21. The van der Waals surface area contributed by atoms with Crippen molar-refractivity contribution in [3.05, 3.63) is 10.1 Å². The van der Waals surface area contributed by atoms with E-state index >= 15 is 0 Å². The lowest BCUT2D eigenvalue weighted by Crippen LogP contribution is -2.36. The van der Waals surface area contributed by atoms with E-state index in [1.165, 1.54) is 13.0 Å². The minimum atomic E-state index is 0.540. The van der Waals surface area contributed by atoms with Gasteiger partial charge in [-0.25, -0.2) is 0 Å². The van der Waals surface area contributed by atoms with Crippen LogP contribution in [0.3, 0.4) is 0 Å². The highest BCUT2D eigenvalue weighted by atomic mass is 35.5. The van der Waals surface area contributed by atoms with Crippen molar-refractivity contribution in [2.75, 3.05) is 27.2 Å². The molecule has 0 radical (unpaired) electrons. The van der Waals surface area contributed by atoms with Crippen molar-refractivity contribution >= 4 is 23.2 Å². The number of fused-ring (bicyclic) bond motifs is 1. The van der Waals surface area contributed by atoms with E-state index < -0.39 is 0 Å². The molecule has 13 heavy (non-hydrogen) atoms. The molecule has 0 bridgehead atoms. The van der Waals surface area contributed by atoms with E-state index in [9.17, 15) is 0 Å². The van der Waals surface area contributed by atoms with Crippen LogP contribution in [0.1, 0.15) is 12.8 Å². The van der Waals surface area contributed by atoms with Crippen molar-refractivity contribution in [1.82, 2.24) is 0 Å². The molecule has 1 heterocycles. The van der Waals surface area contributed by atoms with Gasteiger partial charge in [0.25, 0.3) is 0 Å². The highest BCUT2D eigenvalue weighted by Crippen LogP contribution is 2.44. The molecule has 0 aromatic rings. The molecule has 0 saturated carbocycles. The van der Waals surface area contributed by atoms with Gasteiger partial charge in [-0.1, -0.05) is 23.2 Å². The largest absolute Gasteiger partial charge is 0.328 e. The summed E-state index contributed by atoms with van der Waals surface area (Å²) >= 11 is 12.3. The number of likely N-dealkylation sites (tertiary alicyclic amines) is 1. The van der Waals surface area contributed by atoms with E-state index in [0.717, 1.165) is 33.4 Å². The molecule has 0 amide bonds. The Kier molecular flexibility index (Phi) is 2.38. The smallest absolute Gasteiger partial charge is 0.0866 e. The topological polar surface area (TPSA) is 0 Å². The number of quaternary nitrogens is 1. The fourth-order valence-corrected chi connectivity index (χ4v) is 3.32. The Morgan fingerprint density at radius 3 is 2.62 bits per heavy atom. The molecule has 74 valence electrons. The Morgan fingerprint density at radius 1 is 1.23 bits per heavy atom. The Hall–Kier alpha value is 0.280. The molecule has 2 atom stereocenters. The highest BCUT2D eigenvalue weighted by Gasteiger charge is 2.44. The van der Waals surface area contributed by atoms with Crippen LogP contribution in [0.5, 0.6) is 0 Å². The SMILES string of the molecule is C[N+]1(C)C[C@@H]2CCC(Cl)=C(Cl)[C@H]2C1. The van der Waals surface area contributed by atoms with Crippen LogP contribution in [0.2, 0.25) is 0 Å². The summed E-state index contributed by atoms with van der Waals surface area (Å²) in [7, 11) is 4.55. The van der Waals surface area contributed by atoms with E-state index in [1.807, 2.05) is 0 Å². The van der Waals surface area contributed by atoms with Gasteiger partial charge < -0.3 is 4.48 Å². The number of halogens is 2. The molecule has 1 fully saturated rings. The van der Waals surface area contributed by atoms with Gasteiger partial charge in [0.1, 0.15) is 0 Å². The second kappa shape index (κ2) is 3.15. The zero-order valence-corrected chi connectivity index (χ0v) is 9.70. The van der Waals surface area contributed by atoms with Crippen LogP contribution in [0.15, 0.2) is 10.1 Å². The minimum Gasteiger partial charge on any atom is -0.328 e. The minimum absolute atomic E-state index is 0.540. The molecular weight excluding hydrogens is 205 g/mol. The summed E-state index contributed by atoms with van der Waals surface area (Å²) in [4.78, 5) is 0. The molecule has 1 saturated heterocycles. The van der Waals surface area contributed by atoms with Gasteiger partial charge in [-0.15, -0.1) is 0 Å². The standard InChI is InChI=1S/C10H16Cl2N/c1-13(2)5-7-3-4-9(11)10(12)8(7)6-13/h7-8H,3-6H2,1-2H3/q+1/t7-,8-/m0/s1. The monoisotopic (exact) mass is 220 g/mol. The third kappa shape index (κ3) is 1.74. The van der Waals surface area contributed by atoms with Gasteiger partial charge in [-0.05, 0) is 12.8 Å². The molecule has 0 unspecified atom stereocenters. The summed E-state index contributed by atoms with van der Waals surface area (Å²) in [5.74, 6) is 1.31. The molecule has 0 aromatic carbocycles. The van der Waals surface area contributed by atoms with Crippen LogP contribution in [0.4, 0.5) is 0 Å². The van der Waals surface area contributed by atoms with Gasteiger partial charge in [0.15, 0.2) is 0 Å². The molecule has 0 aromatic heterocycles. The van der Waals surface area contributed by atoms with Crippen molar-refractivity contribution in [3.8, 4) is 0 Å². The average Bonchev–Trinajstić information content (AvgIpc) is 2.34. The van der Waals surface area contributed by atoms with Crippen molar-refractivity contribution in [3.63, 3.8) is 0 Å². The first-order valence-corrected chi connectivity index (χ1v) is 5.61. The third-order valence-electron chi connectivity index (χ3n) is 3.31. The first-order chi connectivity index (χ1) is 5.99. The fourth-order valence-electron chi connectivity index (χ4n) is 2.73. The third-order valence-corrected chi connectivity index (χ3v) is 4.31. The number of allylic oxidation sites excluding steroid dienone is 1. The number of nitrogens with zero attached hydrogens (tertiary/aromatic N) is 1. The number of hydrogen-bond acceptors (Lipinski definition) is 0. The van der Waals surface area contributed by atoms with E-state index in [-0.39, 0.29) is 0 Å². The maximum Gasteiger partial charge on any atom is 0.0866 e. The molecule has 2 rings (SSSR count). The zero-order valence-electron chi connectivity index (χ0n) is 8.19. The summed E-state index contributed by atoms with van der Waals surface area (Å²) in [5.41, 5.74) is 0. The van der Waals surface area contributed by atoms with E-state index in [0.29, 0.717) is 5.92 Å². The first kappa shape index (κ1) is 9.82. The van der Waals surface area contributed by atoms with E-state index in [1.54, 1.807) is 0 Å². The highest BCUT2D eigenvalue weighted by molar-refractivity contribution is 6.39. The Labute approximate surface area is 89.9 Å². The quantitative estimate of drug-likeness (QED) is 0.552. The van der Waals surface area contributed by atoms with E-state index in [2.05, 4.69) is 14.1 Å². The summed E-state index contributed by atoms with van der Waals surface area (Å²) < 4.78 is 1.09. The molecule has 1 nitrogen and oxygen atoms in total. The summed E-state index contributed by atoms with van der Waals surface area (Å²) in [6, 6.07) is 0. The molecule has 0 spiro atoms. The van der Waals surface area contributed by atoms with Gasteiger partial charge in [-0.2, -0.15) is 0 Å². The Bertz CT molecular complexity index is 258. The molecule has 3 heteroatoms. The van der Waals surface area contributed by atoms with Gasteiger partial charge in [0.2, 0.25) is 0 Å². The second-order valence-corrected chi connectivity index (χ2v) is 5.82. The van der Waals surface area contributed by atoms with Crippen molar-refractivity contribution in [1.29, 1.82) is 0 Å². The predicted molar refractivity (Wildman–Crippen MR) is 56.8 cm³/mol. The van der Waals surface area contributed by atoms with Crippen LogP contribution in [0, 0.1) is 11.8 Å². The first-order valence-electron chi connectivity index (χ1n) is 4.86. The molecule has 1 aliphatic heterocycles. The number of rotatable bonds is 0. The lowest BCUT2D eigenvalue weighted by atomic mass is 9.86. The van der Waals surface area contributed by atoms with Gasteiger partial charge in [-0.3, -0.25) is 0 Å². The zero-order chi connectivity index (χ0) is 9.64. The van der Waals surface area contributed by atoms with E-state index in [4.69, 9.17) is 23.2 Å².